The van der Waals surface area contributed by atoms with Gasteiger partial charge in [-0.15, -0.1) is 0 Å². The fourth-order valence-corrected chi connectivity index (χ4v) is 2.22. The lowest BCUT2D eigenvalue weighted by Crippen LogP contribution is -2.20. The molecule has 1 N–H and O–H groups in total. The van der Waals surface area contributed by atoms with Crippen LogP contribution in [0.3, 0.4) is 0 Å². The molecule has 0 bridgehead atoms. The Morgan fingerprint density at radius 3 is 2.85 bits per heavy atom. The number of carbonyl (C=O) groups excluding carboxylic acids is 1. The molecular formula is C14H10BrN3O2. The zero-order valence-electron chi connectivity index (χ0n) is 10.6. The molecule has 0 fully saturated rings. The first-order valence-electron chi connectivity index (χ1n) is 5.68. The minimum absolute atomic E-state index is 0.175. The SMILES string of the molecule is Cn1cc(Br)c(=O)c(NC(=O)c2cccc(C#N)c2)c1. The number of benzene rings is 1. The van der Waals surface area contributed by atoms with Crippen LogP contribution in [-0.2, 0) is 7.05 Å². The van der Waals surface area contributed by atoms with E-state index >= 15 is 0 Å². The van der Waals surface area contributed by atoms with Gasteiger partial charge >= 0.3 is 0 Å². The Labute approximate surface area is 123 Å². The molecule has 6 heteroatoms. The summed E-state index contributed by atoms with van der Waals surface area (Å²) in [7, 11) is 1.75. The van der Waals surface area contributed by atoms with Gasteiger partial charge in [-0.05, 0) is 34.1 Å². The maximum Gasteiger partial charge on any atom is 0.255 e. The van der Waals surface area contributed by atoms with Gasteiger partial charge in [-0.25, -0.2) is 0 Å². The standard InChI is InChI=1S/C14H10BrN3O2/c1-18-7-11(15)13(19)12(8-18)17-14(20)10-4-2-3-9(5-10)6-16/h2-5,7-8H,1H3,(H,17,20). The normalized spacial score (nSPS) is 9.85. The minimum Gasteiger partial charge on any atom is -0.354 e. The lowest BCUT2D eigenvalue weighted by atomic mass is 10.1. The van der Waals surface area contributed by atoms with Crippen molar-refractivity contribution in [3.05, 3.63) is 62.5 Å². The lowest BCUT2D eigenvalue weighted by Gasteiger charge is -2.07. The third kappa shape index (κ3) is 2.95. The predicted octanol–water partition coefficient (Wildman–Crippen LogP) is 2.27. The fraction of sp³-hybridized carbons (Fsp3) is 0.0714. The van der Waals surface area contributed by atoms with Gasteiger partial charge in [0, 0.05) is 25.0 Å². The van der Waals surface area contributed by atoms with Crippen molar-refractivity contribution >= 4 is 27.5 Å². The molecule has 0 aliphatic rings. The van der Waals surface area contributed by atoms with Gasteiger partial charge in [0.2, 0.25) is 5.43 Å². The molecule has 1 heterocycles. The Hall–Kier alpha value is -2.39. The van der Waals surface area contributed by atoms with Gasteiger partial charge in [-0.3, -0.25) is 9.59 Å². The van der Waals surface area contributed by atoms with Crippen molar-refractivity contribution < 1.29 is 4.79 Å². The molecule has 0 unspecified atom stereocenters. The molecule has 1 amide bonds. The topological polar surface area (TPSA) is 74.9 Å². The third-order valence-electron chi connectivity index (χ3n) is 2.61. The van der Waals surface area contributed by atoms with E-state index in [1.165, 1.54) is 12.3 Å². The summed E-state index contributed by atoms with van der Waals surface area (Å²) in [5.74, 6) is -0.433. The number of halogens is 1. The van der Waals surface area contributed by atoms with E-state index in [0.29, 0.717) is 15.6 Å². The quantitative estimate of drug-likeness (QED) is 0.917. The maximum absolute atomic E-state index is 12.1. The van der Waals surface area contributed by atoms with Crippen molar-refractivity contribution in [2.24, 2.45) is 7.05 Å². The zero-order valence-corrected chi connectivity index (χ0v) is 12.1. The number of nitriles is 1. The summed E-state index contributed by atoms with van der Waals surface area (Å²) in [6, 6.07) is 8.24. The van der Waals surface area contributed by atoms with Crippen LogP contribution in [0.2, 0.25) is 0 Å². The highest BCUT2D eigenvalue weighted by Gasteiger charge is 2.11. The largest absolute Gasteiger partial charge is 0.354 e. The van der Waals surface area contributed by atoms with Crippen LogP contribution in [0, 0.1) is 11.3 Å². The van der Waals surface area contributed by atoms with E-state index in [1.54, 1.807) is 36.0 Å². The molecule has 1 aromatic heterocycles. The highest BCUT2D eigenvalue weighted by molar-refractivity contribution is 9.10. The number of nitrogens with zero attached hydrogens (tertiary/aromatic N) is 2. The van der Waals surface area contributed by atoms with Gasteiger partial charge < -0.3 is 9.88 Å². The Balaban J connectivity index is 2.33. The molecule has 0 saturated carbocycles. The average molecular weight is 332 g/mol. The van der Waals surface area contributed by atoms with Crippen LogP contribution >= 0.6 is 15.9 Å². The molecule has 100 valence electrons. The lowest BCUT2D eigenvalue weighted by molar-refractivity contribution is 0.102. The van der Waals surface area contributed by atoms with Gasteiger partial charge in [0.15, 0.2) is 0 Å². The van der Waals surface area contributed by atoms with E-state index < -0.39 is 5.91 Å². The van der Waals surface area contributed by atoms with Crippen molar-refractivity contribution in [3.63, 3.8) is 0 Å². The van der Waals surface area contributed by atoms with Crippen molar-refractivity contribution in [2.75, 3.05) is 5.32 Å². The summed E-state index contributed by atoms with van der Waals surface area (Å²) < 4.78 is 2.02. The molecule has 0 aliphatic carbocycles. The van der Waals surface area contributed by atoms with E-state index in [-0.39, 0.29) is 11.1 Å². The first-order valence-corrected chi connectivity index (χ1v) is 6.48. The second-order valence-corrected chi connectivity index (χ2v) is 5.02. The Morgan fingerprint density at radius 1 is 1.40 bits per heavy atom. The monoisotopic (exact) mass is 331 g/mol. The van der Waals surface area contributed by atoms with Crippen LogP contribution in [0.25, 0.3) is 0 Å². The van der Waals surface area contributed by atoms with Crippen LogP contribution in [0.4, 0.5) is 5.69 Å². The number of amides is 1. The molecule has 0 radical (unpaired) electrons. The first-order chi connectivity index (χ1) is 9.51. The van der Waals surface area contributed by atoms with Crippen LogP contribution in [0.15, 0.2) is 45.9 Å². The van der Waals surface area contributed by atoms with Crippen molar-refractivity contribution in [2.45, 2.75) is 0 Å². The van der Waals surface area contributed by atoms with Crippen LogP contribution in [-0.4, -0.2) is 10.5 Å². The highest BCUT2D eigenvalue weighted by atomic mass is 79.9. The molecule has 20 heavy (non-hydrogen) atoms. The summed E-state index contributed by atoms with van der Waals surface area (Å²) in [6.07, 6.45) is 3.13. The van der Waals surface area contributed by atoms with E-state index in [1.807, 2.05) is 6.07 Å². The van der Waals surface area contributed by atoms with Gasteiger partial charge in [-0.1, -0.05) is 6.07 Å². The van der Waals surface area contributed by atoms with E-state index in [0.717, 1.165) is 0 Å². The fourth-order valence-electron chi connectivity index (χ4n) is 1.68. The summed E-state index contributed by atoms with van der Waals surface area (Å²) >= 11 is 3.14. The number of pyridine rings is 1. The highest BCUT2D eigenvalue weighted by Crippen LogP contribution is 2.10. The zero-order chi connectivity index (χ0) is 14.7. The van der Waals surface area contributed by atoms with Gasteiger partial charge in [-0.2, -0.15) is 5.26 Å². The Kier molecular flexibility index (Phi) is 4.01. The van der Waals surface area contributed by atoms with Crippen molar-refractivity contribution in [1.82, 2.24) is 4.57 Å². The third-order valence-corrected chi connectivity index (χ3v) is 3.18. The second kappa shape index (κ2) is 5.72. The molecule has 0 aliphatic heterocycles. The molecule has 1 aromatic carbocycles. The van der Waals surface area contributed by atoms with Gasteiger partial charge in [0.05, 0.1) is 16.1 Å². The number of rotatable bonds is 2. The maximum atomic E-state index is 12.1. The summed E-state index contributed by atoms with van der Waals surface area (Å²) in [5.41, 5.74) is 0.591. The molecule has 2 rings (SSSR count). The number of hydrogen-bond acceptors (Lipinski definition) is 3. The van der Waals surface area contributed by atoms with Gasteiger partial charge in [0.25, 0.3) is 5.91 Å². The minimum atomic E-state index is -0.433. The number of hydrogen-bond donors (Lipinski definition) is 1. The van der Waals surface area contributed by atoms with E-state index in [9.17, 15) is 9.59 Å². The Morgan fingerprint density at radius 2 is 2.15 bits per heavy atom. The molecule has 0 spiro atoms. The number of carbonyl (C=O) groups is 1. The second-order valence-electron chi connectivity index (χ2n) is 4.16. The number of nitrogens with one attached hydrogen (secondary N) is 1. The number of aromatic nitrogens is 1. The van der Waals surface area contributed by atoms with Crippen LogP contribution in [0.1, 0.15) is 15.9 Å². The van der Waals surface area contributed by atoms with E-state index in [2.05, 4.69) is 21.2 Å². The van der Waals surface area contributed by atoms with E-state index in [4.69, 9.17) is 5.26 Å². The predicted molar refractivity (Wildman–Crippen MR) is 78.5 cm³/mol. The molecule has 2 aromatic rings. The molecule has 0 saturated heterocycles. The first kappa shape index (κ1) is 14.0. The van der Waals surface area contributed by atoms with Crippen molar-refractivity contribution in [3.8, 4) is 6.07 Å². The van der Waals surface area contributed by atoms with Crippen molar-refractivity contribution in [1.29, 1.82) is 5.26 Å². The van der Waals surface area contributed by atoms with Crippen LogP contribution in [0.5, 0.6) is 0 Å². The number of aryl methyl sites for hydroxylation is 1. The summed E-state index contributed by atoms with van der Waals surface area (Å²) in [5, 5.41) is 11.4. The summed E-state index contributed by atoms with van der Waals surface area (Å²) in [6.45, 7) is 0. The van der Waals surface area contributed by atoms with Crippen LogP contribution < -0.4 is 10.7 Å². The molecular weight excluding hydrogens is 322 g/mol. The summed E-state index contributed by atoms with van der Waals surface area (Å²) in [4.78, 5) is 24.0. The average Bonchev–Trinajstić information content (AvgIpc) is 2.44. The molecule has 5 nitrogen and oxygen atoms in total. The smallest absolute Gasteiger partial charge is 0.255 e. The Bertz CT molecular complexity index is 775. The molecule has 0 atom stereocenters. The number of anilines is 1. The van der Waals surface area contributed by atoms with Gasteiger partial charge in [0.1, 0.15) is 5.69 Å².